The second kappa shape index (κ2) is 9.69. The number of ether oxygens (including phenoxy) is 1. The molecular formula is C26H27N5O4. The molecule has 4 aromatic rings. The Bertz CT molecular complexity index is 1420. The van der Waals surface area contributed by atoms with Gasteiger partial charge in [0.25, 0.3) is 5.89 Å². The quantitative estimate of drug-likeness (QED) is 0.452. The standard InChI is InChI=1S/C26H27N5O4/c1-16-8-13-20-23(33)21(26-29-24(30-35-26)17-9-11-19(34-2)12-10-17)14-31(25(20)27-16)15-22(32)28-18-6-4-3-5-7-18/h8-14,18H,3-7,15H2,1-2H3,(H,28,32). The number of carbonyl (C=O) groups excluding carboxylic acids is 1. The summed E-state index contributed by atoms with van der Waals surface area (Å²) in [6.45, 7) is 1.89. The summed E-state index contributed by atoms with van der Waals surface area (Å²) in [5.74, 6) is 1.04. The van der Waals surface area contributed by atoms with Gasteiger partial charge in [0.2, 0.25) is 17.2 Å². The number of carbonyl (C=O) groups is 1. The molecule has 1 saturated carbocycles. The topological polar surface area (TPSA) is 112 Å². The van der Waals surface area contributed by atoms with Crippen LogP contribution in [0.2, 0.25) is 0 Å². The predicted molar refractivity (Wildman–Crippen MR) is 131 cm³/mol. The van der Waals surface area contributed by atoms with Crippen LogP contribution in [0.25, 0.3) is 33.9 Å². The number of pyridine rings is 2. The number of amides is 1. The lowest BCUT2D eigenvalue weighted by Gasteiger charge is -2.23. The maximum absolute atomic E-state index is 13.3. The lowest BCUT2D eigenvalue weighted by molar-refractivity contribution is -0.122. The van der Waals surface area contributed by atoms with Crippen LogP contribution in [0.4, 0.5) is 0 Å². The number of rotatable bonds is 6. The Hall–Kier alpha value is -4.01. The molecule has 1 aliphatic rings. The van der Waals surface area contributed by atoms with Crippen molar-refractivity contribution in [2.24, 2.45) is 0 Å². The second-order valence-corrected chi connectivity index (χ2v) is 8.88. The SMILES string of the molecule is COc1ccc(-c2noc(-c3cn(CC(=O)NC4CCCCC4)c4nc(C)ccc4c3=O)n2)cc1. The molecule has 0 unspecified atom stereocenters. The number of hydrogen-bond acceptors (Lipinski definition) is 7. The fourth-order valence-electron chi connectivity index (χ4n) is 4.50. The Kier molecular flexibility index (Phi) is 6.31. The number of nitrogens with zero attached hydrogens (tertiary/aromatic N) is 4. The van der Waals surface area contributed by atoms with Crippen LogP contribution in [0.5, 0.6) is 5.75 Å². The number of fused-ring (bicyclic) bond motifs is 1. The summed E-state index contributed by atoms with van der Waals surface area (Å²) in [6.07, 6.45) is 7.05. The molecule has 5 rings (SSSR count). The fraction of sp³-hybridized carbons (Fsp3) is 0.346. The van der Waals surface area contributed by atoms with Crippen LogP contribution < -0.4 is 15.5 Å². The summed E-state index contributed by atoms with van der Waals surface area (Å²) < 4.78 is 12.3. The van der Waals surface area contributed by atoms with Crippen molar-refractivity contribution in [1.82, 2.24) is 25.0 Å². The van der Waals surface area contributed by atoms with Crippen LogP contribution in [0, 0.1) is 6.92 Å². The van der Waals surface area contributed by atoms with Gasteiger partial charge in [0.1, 0.15) is 23.5 Å². The van der Waals surface area contributed by atoms with Crippen molar-refractivity contribution in [3.05, 3.63) is 58.5 Å². The van der Waals surface area contributed by atoms with Crippen LogP contribution in [0.3, 0.4) is 0 Å². The summed E-state index contributed by atoms with van der Waals surface area (Å²) in [7, 11) is 1.60. The Balaban J connectivity index is 1.50. The first-order valence-corrected chi connectivity index (χ1v) is 11.8. The van der Waals surface area contributed by atoms with Gasteiger partial charge in [0.05, 0.1) is 12.5 Å². The van der Waals surface area contributed by atoms with Crippen LogP contribution in [-0.2, 0) is 11.3 Å². The second-order valence-electron chi connectivity index (χ2n) is 8.88. The molecule has 1 N–H and O–H groups in total. The Morgan fingerprint density at radius 3 is 2.63 bits per heavy atom. The smallest absolute Gasteiger partial charge is 0.263 e. The zero-order valence-electron chi connectivity index (χ0n) is 19.8. The molecule has 35 heavy (non-hydrogen) atoms. The average Bonchev–Trinajstić information content (AvgIpc) is 3.36. The van der Waals surface area contributed by atoms with Crippen molar-refractivity contribution in [2.75, 3.05) is 7.11 Å². The molecule has 0 atom stereocenters. The van der Waals surface area contributed by atoms with Crippen molar-refractivity contribution in [3.8, 4) is 28.6 Å². The van der Waals surface area contributed by atoms with Crippen LogP contribution >= 0.6 is 0 Å². The fourth-order valence-corrected chi connectivity index (χ4v) is 4.50. The van der Waals surface area contributed by atoms with Crippen LogP contribution in [-0.4, -0.2) is 38.8 Å². The summed E-state index contributed by atoms with van der Waals surface area (Å²) in [6, 6.07) is 10.9. The normalized spacial score (nSPS) is 14.2. The molecule has 1 aliphatic carbocycles. The van der Waals surface area contributed by atoms with E-state index in [1.54, 1.807) is 42.1 Å². The van der Waals surface area contributed by atoms with Gasteiger partial charge in [0.15, 0.2) is 0 Å². The van der Waals surface area contributed by atoms with Gasteiger partial charge in [-0.2, -0.15) is 4.98 Å². The van der Waals surface area contributed by atoms with E-state index in [0.717, 1.165) is 36.9 Å². The van der Waals surface area contributed by atoms with Gasteiger partial charge >= 0.3 is 0 Å². The number of aromatic nitrogens is 4. The first kappa shape index (κ1) is 22.8. The van der Waals surface area contributed by atoms with E-state index in [4.69, 9.17) is 9.26 Å². The van der Waals surface area contributed by atoms with E-state index in [1.807, 2.05) is 19.1 Å². The minimum Gasteiger partial charge on any atom is -0.497 e. The first-order valence-electron chi connectivity index (χ1n) is 11.8. The molecule has 9 heteroatoms. The Labute approximate surface area is 202 Å². The minimum absolute atomic E-state index is 0.0379. The van der Waals surface area contributed by atoms with Gasteiger partial charge < -0.3 is 19.1 Å². The largest absolute Gasteiger partial charge is 0.497 e. The van der Waals surface area contributed by atoms with E-state index in [1.165, 1.54) is 6.42 Å². The third-order valence-corrected chi connectivity index (χ3v) is 6.35. The van der Waals surface area contributed by atoms with Crippen LogP contribution in [0.1, 0.15) is 37.8 Å². The highest BCUT2D eigenvalue weighted by Gasteiger charge is 2.21. The van der Waals surface area contributed by atoms with Gasteiger partial charge in [-0.3, -0.25) is 9.59 Å². The minimum atomic E-state index is -0.277. The third-order valence-electron chi connectivity index (χ3n) is 6.35. The zero-order chi connectivity index (χ0) is 24.4. The van der Waals surface area contributed by atoms with E-state index in [2.05, 4.69) is 20.4 Å². The third kappa shape index (κ3) is 4.80. The van der Waals surface area contributed by atoms with Crippen molar-refractivity contribution in [2.45, 2.75) is 51.6 Å². The number of aryl methyl sites for hydroxylation is 1. The highest BCUT2D eigenvalue weighted by atomic mass is 16.5. The maximum Gasteiger partial charge on any atom is 0.263 e. The number of nitrogens with one attached hydrogen (secondary N) is 1. The predicted octanol–water partition coefficient (Wildman–Crippen LogP) is 3.88. The number of hydrogen-bond donors (Lipinski definition) is 1. The van der Waals surface area contributed by atoms with Gasteiger partial charge in [0, 0.05) is 23.5 Å². The average molecular weight is 474 g/mol. The van der Waals surface area contributed by atoms with Crippen molar-refractivity contribution in [1.29, 1.82) is 0 Å². The molecule has 180 valence electrons. The molecule has 3 aromatic heterocycles. The van der Waals surface area contributed by atoms with E-state index in [0.29, 0.717) is 22.6 Å². The zero-order valence-corrected chi connectivity index (χ0v) is 19.8. The van der Waals surface area contributed by atoms with Gasteiger partial charge in [-0.05, 0) is 56.2 Å². The highest BCUT2D eigenvalue weighted by molar-refractivity contribution is 5.83. The van der Waals surface area contributed by atoms with Crippen molar-refractivity contribution in [3.63, 3.8) is 0 Å². The van der Waals surface area contributed by atoms with Crippen molar-refractivity contribution < 1.29 is 14.1 Å². The maximum atomic E-state index is 13.3. The van der Waals surface area contributed by atoms with Crippen molar-refractivity contribution >= 4 is 16.9 Å². The molecule has 3 heterocycles. The Morgan fingerprint density at radius 2 is 1.89 bits per heavy atom. The summed E-state index contributed by atoms with van der Waals surface area (Å²) >= 11 is 0. The van der Waals surface area contributed by atoms with E-state index in [9.17, 15) is 9.59 Å². The molecular weight excluding hydrogens is 446 g/mol. The molecule has 1 fully saturated rings. The monoisotopic (exact) mass is 473 g/mol. The molecule has 0 aliphatic heterocycles. The first-order chi connectivity index (χ1) is 17.0. The molecule has 1 amide bonds. The lowest BCUT2D eigenvalue weighted by Crippen LogP contribution is -2.38. The molecule has 0 saturated heterocycles. The number of methoxy groups -OCH3 is 1. The summed E-state index contributed by atoms with van der Waals surface area (Å²) in [5.41, 5.74) is 1.88. The molecule has 0 bridgehead atoms. The van der Waals surface area contributed by atoms with E-state index < -0.39 is 0 Å². The summed E-state index contributed by atoms with van der Waals surface area (Å²) in [4.78, 5) is 35.2. The Morgan fingerprint density at radius 1 is 1.11 bits per heavy atom. The van der Waals surface area contributed by atoms with Gasteiger partial charge in [-0.15, -0.1) is 0 Å². The molecule has 1 aromatic carbocycles. The molecule has 9 nitrogen and oxygen atoms in total. The van der Waals surface area contributed by atoms with Crippen LogP contribution in [0.15, 0.2) is 51.9 Å². The highest BCUT2D eigenvalue weighted by Crippen LogP contribution is 2.24. The number of benzene rings is 1. The van der Waals surface area contributed by atoms with E-state index in [-0.39, 0.29) is 35.4 Å². The van der Waals surface area contributed by atoms with Gasteiger partial charge in [-0.25, -0.2) is 4.98 Å². The lowest BCUT2D eigenvalue weighted by atomic mass is 9.95. The van der Waals surface area contributed by atoms with Gasteiger partial charge in [-0.1, -0.05) is 24.4 Å². The van der Waals surface area contributed by atoms with E-state index >= 15 is 0 Å². The molecule has 0 radical (unpaired) electrons. The molecule has 0 spiro atoms. The summed E-state index contributed by atoms with van der Waals surface area (Å²) in [5, 5.41) is 7.57.